The van der Waals surface area contributed by atoms with Crippen LogP contribution in [0.15, 0.2) is 73.2 Å². The van der Waals surface area contributed by atoms with Crippen LogP contribution in [0.5, 0.6) is 0 Å². The number of aryl methyl sites for hydroxylation is 2. The summed E-state index contributed by atoms with van der Waals surface area (Å²) in [5.74, 6) is 0.383. The van der Waals surface area contributed by atoms with Gasteiger partial charge in [-0.3, -0.25) is 4.98 Å². The number of rotatable bonds is 5. The topological polar surface area (TPSA) is 28.2 Å². The van der Waals surface area contributed by atoms with Gasteiger partial charge in [0.1, 0.15) is 0 Å². The smallest absolute Gasteiger partial charge is 0.0829 e. The number of nitrogens with zero attached hydrogens (tertiary/aromatic N) is 2. The van der Waals surface area contributed by atoms with Gasteiger partial charge in [0, 0.05) is 48.3 Å². The van der Waals surface area contributed by atoms with Crippen molar-refractivity contribution < 1.29 is 0 Å². The van der Waals surface area contributed by atoms with Crippen LogP contribution in [0.2, 0.25) is 5.02 Å². The van der Waals surface area contributed by atoms with Crippen molar-refractivity contribution in [2.45, 2.75) is 13.8 Å². The molecule has 0 aliphatic carbocycles. The van der Waals surface area contributed by atoms with Crippen LogP contribution in [-0.4, -0.2) is 18.1 Å². The number of hydrogen-bond donors (Lipinski definition) is 1. The molecule has 1 N–H and O–H groups in total. The van der Waals surface area contributed by atoms with E-state index in [-0.39, 0.29) is 0 Å². The van der Waals surface area contributed by atoms with E-state index < -0.39 is 0 Å². The maximum Gasteiger partial charge on any atom is 0.0829 e. The van der Waals surface area contributed by atoms with Gasteiger partial charge in [-0.1, -0.05) is 66.2 Å². The lowest BCUT2D eigenvalue weighted by molar-refractivity contribution is 0.474. The first-order valence-electron chi connectivity index (χ1n) is 9.50. The third kappa shape index (κ3) is 3.63. The zero-order valence-electron chi connectivity index (χ0n) is 16.2. The number of benzene rings is 2. The van der Waals surface area contributed by atoms with E-state index in [1.54, 1.807) is 6.20 Å². The molecule has 0 radical (unpaired) electrons. The maximum atomic E-state index is 6.54. The summed E-state index contributed by atoms with van der Waals surface area (Å²) in [5, 5.41) is 4.19. The Hall–Kier alpha value is -2.78. The lowest BCUT2D eigenvalue weighted by atomic mass is 9.94. The van der Waals surface area contributed by atoms with E-state index in [0.29, 0.717) is 10.9 Å². The Kier molecular flexibility index (Phi) is 5.10. The average molecular weight is 390 g/mol. The number of anilines is 2. The lowest BCUT2D eigenvalue weighted by Crippen LogP contribution is -2.48. The number of aromatic nitrogens is 1. The molecule has 3 aromatic rings. The van der Waals surface area contributed by atoms with Crippen LogP contribution in [0.3, 0.4) is 0 Å². The fourth-order valence-electron chi connectivity index (χ4n) is 3.69. The van der Waals surface area contributed by atoms with Crippen LogP contribution >= 0.6 is 11.6 Å². The molecule has 142 valence electrons. The Labute approximate surface area is 171 Å². The predicted octanol–water partition coefficient (Wildman–Crippen LogP) is 6.08. The monoisotopic (exact) mass is 389 g/mol. The van der Waals surface area contributed by atoms with Gasteiger partial charge >= 0.3 is 0 Å². The fraction of sp³-hybridized carbons (Fsp3) is 0.208. The normalized spacial score (nSPS) is 13.9. The maximum absolute atomic E-state index is 6.54. The van der Waals surface area contributed by atoms with Crippen LogP contribution in [0.25, 0.3) is 11.1 Å². The Morgan fingerprint density at radius 2 is 1.86 bits per heavy atom. The minimum absolute atomic E-state index is 0.383. The molecule has 0 spiro atoms. The minimum Gasteiger partial charge on any atom is -0.368 e. The van der Waals surface area contributed by atoms with E-state index in [1.807, 2.05) is 24.4 Å². The van der Waals surface area contributed by atoms with Gasteiger partial charge in [-0.15, -0.1) is 0 Å². The van der Waals surface area contributed by atoms with Gasteiger partial charge in [0.25, 0.3) is 0 Å². The second-order valence-electron chi connectivity index (χ2n) is 7.45. The highest BCUT2D eigenvalue weighted by Gasteiger charge is 2.32. The Morgan fingerprint density at radius 3 is 2.57 bits per heavy atom. The Bertz CT molecular complexity index is 1010. The predicted molar refractivity (Wildman–Crippen MR) is 119 cm³/mol. The van der Waals surface area contributed by atoms with Gasteiger partial charge in [-0.05, 0) is 31.0 Å². The van der Waals surface area contributed by atoms with Crippen LogP contribution in [0, 0.1) is 19.8 Å². The molecule has 1 saturated heterocycles. The summed E-state index contributed by atoms with van der Waals surface area (Å²) in [6.07, 6.45) is 3.62. The van der Waals surface area contributed by atoms with E-state index >= 15 is 0 Å². The molecule has 1 fully saturated rings. The number of pyridine rings is 1. The zero-order chi connectivity index (χ0) is 19.7. The fourth-order valence-corrected chi connectivity index (χ4v) is 3.97. The molecule has 0 amide bonds. The minimum atomic E-state index is 0.383. The number of halogens is 1. The molecule has 2 heterocycles. The Balaban J connectivity index is 1.49. The van der Waals surface area contributed by atoms with Gasteiger partial charge in [-0.2, -0.15) is 0 Å². The molecule has 28 heavy (non-hydrogen) atoms. The molecule has 4 rings (SSSR count). The van der Waals surface area contributed by atoms with Gasteiger partial charge in [0.2, 0.25) is 0 Å². The molecular weight excluding hydrogens is 366 g/mol. The molecule has 0 unspecified atom stereocenters. The molecule has 1 aromatic heterocycles. The number of hydrogen-bond acceptors (Lipinski definition) is 3. The SMILES string of the molecule is C=C(Nc1ccc(C)cc1C)C1CN(c2c(Cl)cncc2-c2ccccc2)C1. The summed E-state index contributed by atoms with van der Waals surface area (Å²) >= 11 is 6.54. The lowest BCUT2D eigenvalue weighted by Gasteiger charge is -2.43. The summed E-state index contributed by atoms with van der Waals surface area (Å²) < 4.78 is 0. The molecule has 1 aliphatic rings. The van der Waals surface area contributed by atoms with Crippen LogP contribution in [0.1, 0.15) is 11.1 Å². The average Bonchev–Trinajstić information content (AvgIpc) is 2.65. The third-order valence-corrected chi connectivity index (χ3v) is 5.60. The van der Waals surface area contributed by atoms with Crippen molar-refractivity contribution in [1.82, 2.24) is 4.98 Å². The second kappa shape index (κ2) is 7.69. The first-order chi connectivity index (χ1) is 13.5. The first kappa shape index (κ1) is 18.6. The van der Waals surface area contributed by atoms with E-state index in [2.05, 4.69) is 66.0 Å². The van der Waals surface area contributed by atoms with Crippen molar-refractivity contribution >= 4 is 23.0 Å². The second-order valence-corrected chi connectivity index (χ2v) is 7.86. The summed E-state index contributed by atoms with van der Waals surface area (Å²) in [7, 11) is 0. The molecule has 1 aliphatic heterocycles. The molecule has 0 atom stereocenters. The van der Waals surface area contributed by atoms with E-state index in [0.717, 1.165) is 41.3 Å². The van der Waals surface area contributed by atoms with Crippen molar-refractivity contribution in [2.24, 2.45) is 5.92 Å². The number of nitrogens with one attached hydrogen (secondary N) is 1. The van der Waals surface area contributed by atoms with Crippen LogP contribution < -0.4 is 10.2 Å². The molecule has 4 heteroatoms. The van der Waals surface area contributed by atoms with Crippen LogP contribution in [0.4, 0.5) is 11.4 Å². The highest BCUT2D eigenvalue weighted by Crippen LogP contribution is 2.40. The molecule has 0 bridgehead atoms. The van der Waals surface area contributed by atoms with Gasteiger partial charge in [0.15, 0.2) is 0 Å². The van der Waals surface area contributed by atoms with Gasteiger partial charge in [-0.25, -0.2) is 0 Å². The van der Waals surface area contributed by atoms with E-state index in [9.17, 15) is 0 Å². The standard InChI is InChI=1S/C24H24ClN3/c1-16-9-10-23(17(2)11-16)27-18(3)20-14-28(15-20)24-21(12-26-13-22(24)25)19-7-5-4-6-8-19/h4-13,20,27H,3,14-15H2,1-2H3. The quantitative estimate of drug-likeness (QED) is 0.573. The van der Waals surface area contributed by atoms with Crippen LogP contribution in [-0.2, 0) is 0 Å². The molecular formula is C24H24ClN3. The van der Waals surface area contributed by atoms with E-state index in [1.165, 1.54) is 11.1 Å². The first-order valence-corrected chi connectivity index (χ1v) is 9.87. The summed E-state index contributed by atoms with van der Waals surface area (Å²) in [5.41, 5.74) is 7.93. The highest BCUT2D eigenvalue weighted by molar-refractivity contribution is 6.33. The summed E-state index contributed by atoms with van der Waals surface area (Å²) in [6.45, 7) is 10.3. The van der Waals surface area contributed by atoms with Crippen molar-refractivity contribution in [1.29, 1.82) is 0 Å². The zero-order valence-corrected chi connectivity index (χ0v) is 17.0. The molecule has 3 nitrogen and oxygen atoms in total. The third-order valence-electron chi connectivity index (χ3n) is 5.33. The molecule has 0 saturated carbocycles. The van der Waals surface area contributed by atoms with Crippen molar-refractivity contribution in [2.75, 3.05) is 23.3 Å². The van der Waals surface area contributed by atoms with E-state index in [4.69, 9.17) is 11.6 Å². The van der Waals surface area contributed by atoms with Gasteiger partial charge in [0.05, 0.1) is 10.7 Å². The molecule has 2 aromatic carbocycles. The largest absolute Gasteiger partial charge is 0.368 e. The summed E-state index contributed by atoms with van der Waals surface area (Å²) in [6, 6.07) is 16.7. The van der Waals surface area contributed by atoms with Gasteiger partial charge < -0.3 is 10.2 Å². The summed E-state index contributed by atoms with van der Waals surface area (Å²) in [4.78, 5) is 6.61. The van der Waals surface area contributed by atoms with Crippen molar-refractivity contribution in [3.05, 3.63) is 89.4 Å². The van der Waals surface area contributed by atoms with Crippen molar-refractivity contribution in [3.63, 3.8) is 0 Å². The highest BCUT2D eigenvalue weighted by atomic mass is 35.5. The Morgan fingerprint density at radius 1 is 1.11 bits per heavy atom. The van der Waals surface area contributed by atoms with Crippen molar-refractivity contribution in [3.8, 4) is 11.1 Å².